The van der Waals surface area contributed by atoms with Crippen molar-refractivity contribution in [3.8, 4) is 12.1 Å². The Bertz CT molecular complexity index is 389. The van der Waals surface area contributed by atoms with Crippen molar-refractivity contribution in [2.75, 3.05) is 0 Å². The Morgan fingerprint density at radius 2 is 2.14 bits per heavy atom. The van der Waals surface area contributed by atoms with E-state index in [1.54, 1.807) is 0 Å². The van der Waals surface area contributed by atoms with Crippen molar-refractivity contribution in [3.05, 3.63) is 0 Å². The molecule has 4 atom stereocenters. The molecule has 2 saturated carbocycles. The van der Waals surface area contributed by atoms with E-state index in [2.05, 4.69) is 12.1 Å². The predicted octanol–water partition coefficient (Wildman–Crippen LogP) is 1.66. The van der Waals surface area contributed by atoms with Crippen LogP contribution in [0.2, 0.25) is 0 Å². The van der Waals surface area contributed by atoms with E-state index in [1.807, 2.05) is 13.8 Å². The lowest BCUT2D eigenvalue weighted by atomic mass is 9.68. The van der Waals surface area contributed by atoms with E-state index in [0.29, 0.717) is 12.8 Å². The van der Waals surface area contributed by atoms with Gasteiger partial charge < -0.3 is 0 Å². The standard InChI is InChI=1S/C11H12N2O/c1-7-9(14)11(6-13)3-8(4-12)10(7,2)5-11/h7-8H,3,5H2,1-2H3/t7?,8?,10-,11-/m1/s1. The molecule has 2 rings (SSSR count). The molecule has 2 aliphatic rings. The molecule has 2 fully saturated rings. The van der Waals surface area contributed by atoms with Crippen LogP contribution < -0.4 is 0 Å². The molecule has 14 heavy (non-hydrogen) atoms. The fraction of sp³-hybridized carbons (Fsp3) is 0.727. The molecule has 2 aliphatic carbocycles. The van der Waals surface area contributed by atoms with Gasteiger partial charge >= 0.3 is 0 Å². The van der Waals surface area contributed by atoms with E-state index in [0.717, 1.165) is 0 Å². The lowest BCUT2D eigenvalue weighted by molar-refractivity contribution is -0.129. The molecule has 0 N–H and O–H groups in total. The van der Waals surface area contributed by atoms with Gasteiger partial charge in [0.15, 0.2) is 5.78 Å². The number of nitriles is 2. The molecule has 0 heterocycles. The molecule has 0 aromatic heterocycles. The number of carbonyl (C=O) groups excluding carboxylic acids is 1. The molecule has 0 amide bonds. The van der Waals surface area contributed by atoms with Gasteiger partial charge in [0.2, 0.25) is 0 Å². The second-order valence-electron chi connectivity index (χ2n) is 4.85. The Hall–Kier alpha value is -1.35. The van der Waals surface area contributed by atoms with Crippen LogP contribution in [0.5, 0.6) is 0 Å². The van der Waals surface area contributed by atoms with Gasteiger partial charge in [-0.15, -0.1) is 0 Å². The first-order valence-corrected chi connectivity index (χ1v) is 4.85. The van der Waals surface area contributed by atoms with Gasteiger partial charge in [0.1, 0.15) is 5.41 Å². The van der Waals surface area contributed by atoms with Gasteiger partial charge in [-0.1, -0.05) is 13.8 Å². The SMILES string of the molecule is CC1C(=O)[C@]2(C#N)CC(C#N)[C@]1(C)C2. The summed E-state index contributed by atoms with van der Waals surface area (Å²) in [5, 5.41) is 18.1. The number of nitrogens with zero attached hydrogens (tertiary/aromatic N) is 2. The molecule has 72 valence electrons. The van der Waals surface area contributed by atoms with Crippen molar-refractivity contribution in [2.24, 2.45) is 22.7 Å². The van der Waals surface area contributed by atoms with Crippen LogP contribution in [0.4, 0.5) is 0 Å². The molecule has 0 radical (unpaired) electrons. The maximum Gasteiger partial charge on any atom is 0.156 e. The van der Waals surface area contributed by atoms with Crippen molar-refractivity contribution < 1.29 is 4.79 Å². The van der Waals surface area contributed by atoms with Crippen LogP contribution >= 0.6 is 0 Å². The van der Waals surface area contributed by atoms with E-state index < -0.39 is 5.41 Å². The first kappa shape index (κ1) is 9.21. The van der Waals surface area contributed by atoms with Crippen LogP contribution in [0.25, 0.3) is 0 Å². The third kappa shape index (κ3) is 0.738. The highest BCUT2D eigenvalue weighted by molar-refractivity contribution is 5.93. The molecular formula is C11H12N2O. The van der Waals surface area contributed by atoms with Crippen LogP contribution in [-0.4, -0.2) is 5.78 Å². The molecule has 2 bridgehead atoms. The molecule has 3 nitrogen and oxygen atoms in total. The Balaban J connectivity index is 2.52. The molecule has 0 aliphatic heterocycles. The number of carbonyl (C=O) groups is 1. The number of hydrogen-bond donors (Lipinski definition) is 0. The maximum absolute atomic E-state index is 11.9. The third-order valence-electron chi connectivity index (χ3n) is 4.26. The van der Waals surface area contributed by atoms with Crippen molar-refractivity contribution in [3.63, 3.8) is 0 Å². The number of rotatable bonds is 0. The average molecular weight is 188 g/mol. The number of Topliss-reactive ketones (excluding diaryl/α,β-unsaturated/α-hetero) is 1. The zero-order chi connectivity index (χ0) is 10.6. The highest BCUT2D eigenvalue weighted by atomic mass is 16.1. The summed E-state index contributed by atoms with van der Waals surface area (Å²) in [7, 11) is 0. The quantitative estimate of drug-likeness (QED) is 0.580. The zero-order valence-electron chi connectivity index (χ0n) is 8.37. The Kier molecular flexibility index (Phi) is 1.55. The van der Waals surface area contributed by atoms with Gasteiger partial charge in [-0.3, -0.25) is 4.79 Å². The minimum Gasteiger partial charge on any atom is -0.298 e. The topological polar surface area (TPSA) is 64.7 Å². The van der Waals surface area contributed by atoms with Crippen molar-refractivity contribution >= 4 is 5.78 Å². The summed E-state index contributed by atoms with van der Waals surface area (Å²) in [4.78, 5) is 11.9. The Morgan fingerprint density at radius 3 is 2.57 bits per heavy atom. The van der Waals surface area contributed by atoms with Crippen LogP contribution in [0.15, 0.2) is 0 Å². The van der Waals surface area contributed by atoms with E-state index in [9.17, 15) is 4.79 Å². The minimum atomic E-state index is -0.839. The number of ketones is 1. The summed E-state index contributed by atoms with van der Waals surface area (Å²) in [6.07, 6.45) is 1.02. The zero-order valence-corrected chi connectivity index (χ0v) is 8.37. The van der Waals surface area contributed by atoms with Gasteiger partial charge in [-0.25, -0.2) is 0 Å². The van der Waals surface area contributed by atoms with Crippen molar-refractivity contribution in [1.29, 1.82) is 10.5 Å². The largest absolute Gasteiger partial charge is 0.298 e. The highest BCUT2D eigenvalue weighted by Crippen LogP contribution is 2.64. The van der Waals surface area contributed by atoms with E-state index in [1.165, 1.54) is 0 Å². The summed E-state index contributed by atoms with van der Waals surface area (Å²) in [5.41, 5.74) is -1.10. The molecule has 0 aromatic rings. The first-order valence-electron chi connectivity index (χ1n) is 4.85. The predicted molar refractivity (Wildman–Crippen MR) is 48.7 cm³/mol. The second kappa shape index (κ2) is 2.36. The maximum atomic E-state index is 11.9. The van der Waals surface area contributed by atoms with Gasteiger partial charge in [-0.05, 0) is 18.3 Å². The van der Waals surface area contributed by atoms with Crippen molar-refractivity contribution in [2.45, 2.75) is 26.7 Å². The van der Waals surface area contributed by atoms with Crippen LogP contribution in [-0.2, 0) is 4.79 Å². The molecule has 3 heteroatoms. The molecule has 0 aromatic carbocycles. The van der Waals surface area contributed by atoms with Gasteiger partial charge in [0.05, 0.1) is 18.1 Å². The van der Waals surface area contributed by atoms with Crippen molar-refractivity contribution in [1.82, 2.24) is 0 Å². The fourth-order valence-corrected chi connectivity index (χ4v) is 3.12. The highest BCUT2D eigenvalue weighted by Gasteiger charge is 2.67. The normalized spacial score (nSPS) is 50.1. The smallest absolute Gasteiger partial charge is 0.156 e. The molecule has 0 spiro atoms. The summed E-state index contributed by atoms with van der Waals surface area (Å²) < 4.78 is 0. The van der Waals surface area contributed by atoms with Crippen LogP contribution in [0.3, 0.4) is 0 Å². The van der Waals surface area contributed by atoms with Gasteiger partial charge in [-0.2, -0.15) is 10.5 Å². The summed E-state index contributed by atoms with van der Waals surface area (Å²) in [6.45, 7) is 3.82. The molecule has 0 saturated heterocycles. The molecule has 2 unspecified atom stereocenters. The lowest BCUT2D eigenvalue weighted by Gasteiger charge is -2.31. The minimum absolute atomic E-state index is 0.0500. The van der Waals surface area contributed by atoms with Gasteiger partial charge in [0.25, 0.3) is 0 Å². The lowest BCUT2D eigenvalue weighted by Crippen LogP contribution is -2.36. The first-order chi connectivity index (χ1) is 6.50. The van der Waals surface area contributed by atoms with E-state index in [4.69, 9.17) is 10.5 Å². The van der Waals surface area contributed by atoms with Crippen LogP contribution in [0, 0.1) is 45.3 Å². The fourth-order valence-electron chi connectivity index (χ4n) is 3.12. The van der Waals surface area contributed by atoms with Gasteiger partial charge in [0, 0.05) is 5.92 Å². The second-order valence-corrected chi connectivity index (χ2v) is 4.85. The average Bonchev–Trinajstić information content (AvgIpc) is 2.59. The Morgan fingerprint density at radius 1 is 1.50 bits per heavy atom. The number of hydrogen-bond acceptors (Lipinski definition) is 3. The Labute approximate surface area is 83.3 Å². The summed E-state index contributed by atoms with van der Waals surface area (Å²) in [5.74, 6) is -0.218. The summed E-state index contributed by atoms with van der Waals surface area (Å²) >= 11 is 0. The monoisotopic (exact) mass is 188 g/mol. The number of fused-ring (bicyclic) bond motifs is 2. The van der Waals surface area contributed by atoms with E-state index in [-0.39, 0.29) is 23.0 Å². The van der Waals surface area contributed by atoms with E-state index >= 15 is 0 Å². The summed E-state index contributed by atoms with van der Waals surface area (Å²) in [6, 6.07) is 4.38. The van der Waals surface area contributed by atoms with Crippen LogP contribution in [0.1, 0.15) is 26.7 Å². The molecular weight excluding hydrogens is 176 g/mol. The third-order valence-corrected chi connectivity index (χ3v) is 4.26.